The fourth-order valence-corrected chi connectivity index (χ4v) is 0.861. The summed E-state index contributed by atoms with van der Waals surface area (Å²) in [6.45, 7) is 17.3. The van der Waals surface area contributed by atoms with E-state index in [-0.39, 0.29) is 38.1 Å². The number of rotatable bonds is 2. The third-order valence-electron chi connectivity index (χ3n) is 2.06. The van der Waals surface area contributed by atoms with Crippen molar-refractivity contribution < 1.29 is 32.7 Å². The van der Waals surface area contributed by atoms with E-state index in [1.807, 2.05) is 0 Å². The summed E-state index contributed by atoms with van der Waals surface area (Å²) in [5.41, 5.74) is 1.76. The van der Waals surface area contributed by atoms with Crippen molar-refractivity contribution in [1.82, 2.24) is 0 Å². The molecule has 0 N–H and O–H groups in total. The third kappa shape index (κ3) is 9.28. The van der Waals surface area contributed by atoms with E-state index in [4.69, 9.17) is 0 Å². The van der Waals surface area contributed by atoms with Gasteiger partial charge >= 0.3 is 0 Å². The van der Waals surface area contributed by atoms with E-state index in [1.54, 1.807) is 0 Å². The molecule has 0 rings (SSSR count). The minimum Gasteiger partial charge on any atom is -0.336 e. The van der Waals surface area contributed by atoms with E-state index >= 15 is 0 Å². The molecule has 0 aliphatic heterocycles. The summed E-state index contributed by atoms with van der Waals surface area (Å²) in [5.74, 6) is 0. The van der Waals surface area contributed by atoms with Crippen LogP contribution in [0, 0.1) is 24.2 Å². The van der Waals surface area contributed by atoms with Gasteiger partial charge < -0.3 is 6.42 Å². The Hall–Kier alpha value is 0.714. The van der Waals surface area contributed by atoms with Crippen molar-refractivity contribution in [3.8, 4) is 0 Å². The van der Waals surface area contributed by atoms with Gasteiger partial charge in [-0.3, -0.25) is 6.08 Å². The van der Waals surface area contributed by atoms with Crippen LogP contribution < -0.4 is 0 Å². The van der Waals surface area contributed by atoms with Crippen LogP contribution in [-0.2, 0) is 32.7 Å². The average molecular weight is 269 g/mol. The molecule has 0 fully saturated rings. The van der Waals surface area contributed by atoms with Gasteiger partial charge in [-0.15, -0.1) is 0 Å². The van der Waals surface area contributed by atoms with Crippen molar-refractivity contribution in [3.63, 3.8) is 0 Å². The first kappa shape index (κ1) is 17.1. The molecule has 0 aromatic carbocycles. The van der Waals surface area contributed by atoms with Gasteiger partial charge in [-0.05, 0) is 5.41 Å². The fraction of sp³-hybridized carbons (Fsp3) is 0.692. The molecule has 0 aromatic rings. The van der Waals surface area contributed by atoms with Crippen LogP contribution in [0.15, 0.2) is 11.6 Å². The zero-order chi connectivity index (χ0) is 10.7. The molecule has 0 aliphatic rings. The second kappa shape index (κ2) is 6.33. The maximum absolute atomic E-state index is 4.07. The van der Waals surface area contributed by atoms with Crippen LogP contribution in [0.2, 0.25) is 0 Å². The second-order valence-corrected chi connectivity index (χ2v) is 5.79. The first-order valence-corrected chi connectivity index (χ1v) is 5.00. The van der Waals surface area contributed by atoms with Crippen molar-refractivity contribution >= 4 is 0 Å². The minimum atomic E-state index is 0. The molecule has 81 valence electrons. The van der Waals surface area contributed by atoms with E-state index in [2.05, 4.69) is 61.0 Å². The SMILES string of the molecule is [CH2-]/C(=C\C[CH-]C(C)(C)C)C(C)(C)C.[Y]. The smallest absolute Gasteiger partial charge is 0 e. The number of allylic oxidation sites excluding steroid dienone is 2. The molecule has 1 heteroatoms. The zero-order valence-electron chi connectivity index (χ0n) is 10.6. The van der Waals surface area contributed by atoms with E-state index in [9.17, 15) is 0 Å². The average Bonchev–Trinajstić information content (AvgIpc) is 1.82. The van der Waals surface area contributed by atoms with E-state index in [1.165, 1.54) is 5.57 Å². The standard InChI is InChI=1S/C13H24.Y/c1-11(13(5,6)7)9-8-10-12(2,3)4;/h9-10H,1,8H2,2-7H3;/q-2;/b11-9+;. The van der Waals surface area contributed by atoms with Crippen LogP contribution in [0.25, 0.3) is 0 Å². The van der Waals surface area contributed by atoms with E-state index in [0.29, 0.717) is 5.41 Å². The molecule has 0 bridgehead atoms. The summed E-state index contributed by atoms with van der Waals surface area (Å²) in [6.07, 6.45) is 5.58. The summed E-state index contributed by atoms with van der Waals surface area (Å²) in [7, 11) is 0. The Morgan fingerprint density at radius 2 is 1.57 bits per heavy atom. The molecule has 0 unspecified atom stereocenters. The molecule has 0 saturated heterocycles. The Morgan fingerprint density at radius 3 is 1.86 bits per heavy atom. The van der Waals surface area contributed by atoms with Gasteiger partial charge in [0.15, 0.2) is 0 Å². The molecule has 0 heterocycles. The molecule has 14 heavy (non-hydrogen) atoms. The molecule has 0 atom stereocenters. The zero-order valence-corrected chi connectivity index (χ0v) is 13.5. The Kier molecular flexibility index (Phi) is 7.74. The van der Waals surface area contributed by atoms with Crippen molar-refractivity contribution in [2.75, 3.05) is 0 Å². The second-order valence-electron chi connectivity index (χ2n) is 5.79. The first-order chi connectivity index (χ1) is 5.63. The van der Waals surface area contributed by atoms with Gasteiger partial charge in [0.2, 0.25) is 0 Å². The molecule has 0 spiro atoms. The Balaban J connectivity index is 0. The van der Waals surface area contributed by atoms with Gasteiger partial charge in [-0.1, -0.05) is 41.5 Å². The van der Waals surface area contributed by atoms with Crippen molar-refractivity contribution in [2.45, 2.75) is 48.0 Å². The van der Waals surface area contributed by atoms with E-state index in [0.717, 1.165) is 6.42 Å². The summed E-state index contributed by atoms with van der Waals surface area (Å²) in [5, 5.41) is 0. The quantitative estimate of drug-likeness (QED) is 0.650. The van der Waals surface area contributed by atoms with Crippen LogP contribution in [0.3, 0.4) is 0 Å². The molecule has 0 amide bonds. The van der Waals surface area contributed by atoms with Crippen molar-refractivity contribution in [2.24, 2.45) is 10.8 Å². The first-order valence-electron chi connectivity index (χ1n) is 5.00. The van der Waals surface area contributed by atoms with Crippen LogP contribution in [-0.4, -0.2) is 0 Å². The predicted molar refractivity (Wildman–Crippen MR) is 61.3 cm³/mol. The largest absolute Gasteiger partial charge is 0.336 e. The maximum Gasteiger partial charge on any atom is 0 e. The molecule has 0 saturated carbocycles. The fourth-order valence-electron chi connectivity index (χ4n) is 0.861. The van der Waals surface area contributed by atoms with Gasteiger partial charge in [-0.25, -0.2) is 18.9 Å². The topological polar surface area (TPSA) is 0 Å². The van der Waals surface area contributed by atoms with Crippen LogP contribution in [0.5, 0.6) is 0 Å². The summed E-state index contributed by atoms with van der Waals surface area (Å²) < 4.78 is 0. The van der Waals surface area contributed by atoms with Crippen LogP contribution >= 0.6 is 0 Å². The molecule has 0 aliphatic carbocycles. The van der Waals surface area contributed by atoms with Gasteiger partial charge in [0.25, 0.3) is 0 Å². The van der Waals surface area contributed by atoms with Crippen molar-refractivity contribution in [3.05, 3.63) is 25.0 Å². The molecule has 0 nitrogen and oxygen atoms in total. The van der Waals surface area contributed by atoms with Crippen LogP contribution in [0.1, 0.15) is 48.0 Å². The Labute approximate surface area is 116 Å². The predicted octanol–water partition coefficient (Wildman–Crippen LogP) is 4.43. The van der Waals surface area contributed by atoms with Gasteiger partial charge in [-0.2, -0.15) is 5.41 Å². The molecular weight excluding hydrogens is 245 g/mol. The normalized spacial score (nSPS) is 13.7. The maximum atomic E-state index is 4.07. The van der Waals surface area contributed by atoms with E-state index < -0.39 is 0 Å². The Morgan fingerprint density at radius 1 is 1.14 bits per heavy atom. The minimum absolute atomic E-state index is 0. The molecule has 1 radical (unpaired) electrons. The van der Waals surface area contributed by atoms with Crippen LogP contribution in [0.4, 0.5) is 0 Å². The third-order valence-corrected chi connectivity index (χ3v) is 2.06. The summed E-state index contributed by atoms with van der Waals surface area (Å²) >= 11 is 0. The van der Waals surface area contributed by atoms with Gasteiger partial charge in [0, 0.05) is 32.7 Å². The Bertz CT molecular complexity index is 176. The van der Waals surface area contributed by atoms with Crippen molar-refractivity contribution in [1.29, 1.82) is 0 Å². The number of hydrogen-bond acceptors (Lipinski definition) is 0. The monoisotopic (exact) mass is 269 g/mol. The number of hydrogen-bond donors (Lipinski definition) is 0. The summed E-state index contributed by atoms with van der Waals surface area (Å²) in [6, 6.07) is 0. The van der Waals surface area contributed by atoms with Gasteiger partial charge in [0.05, 0.1) is 0 Å². The molecule has 0 aromatic heterocycles. The summed E-state index contributed by atoms with van der Waals surface area (Å²) in [4.78, 5) is 0. The molecular formula is C13H24Y-2. The van der Waals surface area contributed by atoms with Gasteiger partial charge in [0.1, 0.15) is 0 Å².